The van der Waals surface area contributed by atoms with Gasteiger partial charge in [0.15, 0.2) is 11.9 Å². The van der Waals surface area contributed by atoms with E-state index in [2.05, 4.69) is 0 Å². The predicted octanol–water partition coefficient (Wildman–Crippen LogP) is 2.77. The van der Waals surface area contributed by atoms with Crippen molar-refractivity contribution in [2.24, 2.45) is 0 Å². The molecule has 0 bridgehead atoms. The van der Waals surface area contributed by atoms with Crippen LogP contribution in [0.5, 0.6) is 5.75 Å². The van der Waals surface area contributed by atoms with E-state index >= 15 is 0 Å². The van der Waals surface area contributed by atoms with Crippen molar-refractivity contribution in [3.8, 4) is 5.75 Å². The van der Waals surface area contributed by atoms with Gasteiger partial charge in [0.05, 0.1) is 12.7 Å². The minimum absolute atomic E-state index is 0.0259. The number of ether oxygens (including phenoxy) is 3. The lowest BCUT2D eigenvalue weighted by molar-refractivity contribution is -0.149. The van der Waals surface area contributed by atoms with Gasteiger partial charge in [-0.3, -0.25) is 4.79 Å². The van der Waals surface area contributed by atoms with Crippen molar-refractivity contribution in [2.45, 2.75) is 45.3 Å². The van der Waals surface area contributed by atoms with Crippen molar-refractivity contribution in [1.29, 1.82) is 0 Å². The van der Waals surface area contributed by atoms with Crippen molar-refractivity contribution < 1.29 is 23.8 Å². The molecule has 120 valence electrons. The van der Waals surface area contributed by atoms with Gasteiger partial charge >= 0.3 is 5.97 Å². The highest BCUT2D eigenvalue weighted by molar-refractivity contribution is 5.94. The average molecular weight is 306 g/mol. The Kier molecular flexibility index (Phi) is 6.10. The topological polar surface area (TPSA) is 61.8 Å². The van der Waals surface area contributed by atoms with Gasteiger partial charge in [-0.2, -0.15) is 0 Å². The van der Waals surface area contributed by atoms with Crippen LogP contribution in [-0.2, 0) is 14.3 Å². The third kappa shape index (κ3) is 4.93. The van der Waals surface area contributed by atoms with Crippen LogP contribution in [-0.4, -0.2) is 37.2 Å². The molecule has 0 saturated carbocycles. The van der Waals surface area contributed by atoms with Gasteiger partial charge in [0.2, 0.25) is 0 Å². The Hall–Kier alpha value is -1.72. The highest BCUT2D eigenvalue weighted by Crippen LogP contribution is 2.15. The summed E-state index contributed by atoms with van der Waals surface area (Å²) in [6.07, 6.45) is 2.60. The fourth-order valence-corrected chi connectivity index (χ4v) is 2.22. The molecular formula is C17H22O5. The maximum atomic E-state index is 11.9. The molecule has 1 fully saturated rings. The van der Waals surface area contributed by atoms with Crippen LogP contribution in [0.3, 0.4) is 0 Å². The minimum atomic E-state index is -0.655. The summed E-state index contributed by atoms with van der Waals surface area (Å²) in [5.74, 6) is -0.0761. The third-order valence-electron chi connectivity index (χ3n) is 3.62. The molecule has 1 aliphatic rings. The molecule has 22 heavy (non-hydrogen) atoms. The lowest BCUT2D eigenvalue weighted by Crippen LogP contribution is -2.31. The number of benzene rings is 1. The standard InChI is InChI=1S/C17H22O5/c1-12(18)14-6-8-15(9-7-14)22-17(19)13(2)21-11-16-5-3-4-10-20-16/h6-9,13,16H,3-5,10-11H2,1-2H3. The van der Waals surface area contributed by atoms with Crippen LogP contribution in [0, 0.1) is 0 Å². The molecule has 0 aliphatic carbocycles. The Morgan fingerprint density at radius 2 is 2.00 bits per heavy atom. The number of ketones is 1. The first-order valence-corrected chi connectivity index (χ1v) is 7.62. The number of hydrogen-bond acceptors (Lipinski definition) is 5. The van der Waals surface area contributed by atoms with Crippen LogP contribution in [0.1, 0.15) is 43.5 Å². The first-order chi connectivity index (χ1) is 10.6. The van der Waals surface area contributed by atoms with E-state index in [9.17, 15) is 9.59 Å². The van der Waals surface area contributed by atoms with E-state index in [4.69, 9.17) is 14.2 Å². The summed E-state index contributed by atoms with van der Waals surface area (Å²) in [6.45, 7) is 4.31. The molecule has 0 N–H and O–H groups in total. The normalized spacial score (nSPS) is 19.5. The summed E-state index contributed by atoms with van der Waals surface area (Å²) in [6, 6.07) is 6.47. The van der Waals surface area contributed by atoms with E-state index in [1.54, 1.807) is 31.2 Å². The average Bonchev–Trinajstić information content (AvgIpc) is 2.54. The first-order valence-electron chi connectivity index (χ1n) is 7.62. The van der Waals surface area contributed by atoms with Crippen molar-refractivity contribution in [1.82, 2.24) is 0 Å². The summed E-state index contributed by atoms with van der Waals surface area (Å²) in [5, 5.41) is 0. The van der Waals surface area contributed by atoms with Gasteiger partial charge in [0.1, 0.15) is 5.75 Å². The molecule has 2 rings (SSSR count). The predicted molar refractivity (Wildman–Crippen MR) is 81.1 cm³/mol. The van der Waals surface area contributed by atoms with Gasteiger partial charge in [0, 0.05) is 12.2 Å². The zero-order chi connectivity index (χ0) is 15.9. The second kappa shape index (κ2) is 8.06. The van der Waals surface area contributed by atoms with Gasteiger partial charge in [-0.1, -0.05) is 0 Å². The van der Waals surface area contributed by atoms with E-state index < -0.39 is 12.1 Å². The van der Waals surface area contributed by atoms with E-state index in [-0.39, 0.29) is 11.9 Å². The molecule has 1 saturated heterocycles. The number of rotatable bonds is 6. The molecule has 5 nitrogen and oxygen atoms in total. The van der Waals surface area contributed by atoms with Gasteiger partial charge in [-0.25, -0.2) is 4.79 Å². The van der Waals surface area contributed by atoms with Crippen molar-refractivity contribution in [2.75, 3.05) is 13.2 Å². The second-order valence-corrected chi connectivity index (χ2v) is 5.47. The van der Waals surface area contributed by atoms with Gasteiger partial charge in [0.25, 0.3) is 0 Å². The van der Waals surface area contributed by atoms with Gasteiger partial charge < -0.3 is 14.2 Å². The highest BCUT2D eigenvalue weighted by Gasteiger charge is 2.20. The number of carbonyl (C=O) groups excluding carboxylic acids is 2. The number of hydrogen-bond donors (Lipinski definition) is 0. The minimum Gasteiger partial charge on any atom is -0.425 e. The molecule has 1 aromatic rings. The van der Waals surface area contributed by atoms with Crippen molar-refractivity contribution in [3.05, 3.63) is 29.8 Å². The number of esters is 1. The maximum absolute atomic E-state index is 11.9. The Labute approximate surface area is 130 Å². The summed E-state index contributed by atoms with van der Waals surface area (Å²) < 4.78 is 16.3. The maximum Gasteiger partial charge on any atom is 0.340 e. The molecule has 2 atom stereocenters. The largest absolute Gasteiger partial charge is 0.425 e. The molecule has 0 radical (unpaired) electrons. The SMILES string of the molecule is CC(=O)c1ccc(OC(=O)C(C)OCC2CCCCO2)cc1. The van der Waals surface area contributed by atoms with Crippen molar-refractivity contribution >= 4 is 11.8 Å². The molecule has 0 amide bonds. The molecule has 1 aliphatic heterocycles. The summed E-state index contributed by atoms with van der Waals surface area (Å²) in [5.41, 5.74) is 0.582. The Morgan fingerprint density at radius 1 is 1.27 bits per heavy atom. The Bertz CT molecular complexity index is 502. The van der Waals surface area contributed by atoms with Crippen LogP contribution in [0.15, 0.2) is 24.3 Å². The van der Waals surface area contributed by atoms with Crippen LogP contribution in [0.4, 0.5) is 0 Å². The Balaban J connectivity index is 1.78. The monoisotopic (exact) mass is 306 g/mol. The van der Waals surface area contributed by atoms with E-state index in [1.165, 1.54) is 6.92 Å². The van der Waals surface area contributed by atoms with E-state index in [0.717, 1.165) is 25.9 Å². The van der Waals surface area contributed by atoms with Crippen LogP contribution in [0.2, 0.25) is 0 Å². The third-order valence-corrected chi connectivity index (χ3v) is 3.62. The van der Waals surface area contributed by atoms with Gasteiger partial charge in [-0.05, 0) is 57.4 Å². The van der Waals surface area contributed by atoms with Crippen LogP contribution >= 0.6 is 0 Å². The zero-order valence-corrected chi connectivity index (χ0v) is 13.0. The van der Waals surface area contributed by atoms with Crippen LogP contribution in [0.25, 0.3) is 0 Å². The van der Waals surface area contributed by atoms with E-state index in [0.29, 0.717) is 17.9 Å². The van der Waals surface area contributed by atoms with E-state index in [1.807, 2.05) is 0 Å². The second-order valence-electron chi connectivity index (χ2n) is 5.47. The Morgan fingerprint density at radius 3 is 2.59 bits per heavy atom. The molecule has 0 aromatic heterocycles. The summed E-state index contributed by atoms with van der Waals surface area (Å²) >= 11 is 0. The molecule has 1 aromatic carbocycles. The summed E-state index contributed by atoms with van der Waals surface area (Å²) in [7, 11) is 0. The molecular weight excluding hydrogens is 284 g/mol. The first kappa shape index (κ1) is 16.6. The zero-order valence-electron chi connectivity index (χ0n) is 13.0. The summed E-state index contributed by atoms with van der Waals surface area (Å²) in [4.78, 5) is 23.1. The molecule has 2 unspecified atom stereocenters. The fraction of sp³-hybridized carbons (Fsp3) is 0.529. The van der Waals surface area contributed by atoms with Gasteiger partial charge in [-0.15, -0.1) is 0 Å². The lowest BCUT2D eigenvalue weighted by atomic mass is 10.1. The molecule has 5 heteroatoms. The molecule has 1 heterocycles. The van der Waals surface area contributed by atoms with Crippen molar-refractivity contribution in [3.63, 3.8) is 0 Å². The van der Waals surface area contributed by atoms with Crippen LogP contribution < -0.4 is 4.74 Å². The lowest BCUT2D eigenvalue weighted by Gasteiger charge is -2.23. The number of carbonyl (C=O) groups is 2. The molecule has 0 spiro atoms. The number of Topliss-reactive ketones (excluding diaryl/α,β-unsaturated/α-hetero) is 1. The fourth-order valence-electron chi connectivity index (χ4n) is 2.22. The smallest absolute Gasteiger partial charge is 0.340 e. The quantitative estimate of drug-likeness (QED) is 0.459. The highest BCUT2D eigenvalue weighted by atomic mass is 16.6.